The predicted octanol–water partition coefficient (Wildman–Crippen LogP) is 7.31. The Labute approximate surface area is 156 Å². The third-order valence-corrected chi connectivity index (χ3v) is 6.14. The van der Waals surface area contributed by atoms with Gasteiger partial charge in [-0.3, -0.25) is 0 Å². The van der Waals surface area contributed by atoms with Gasteiger partial charge in [0.25, 0.3) is 0 Å². The molecule has 0 N–H and O–H groups in total. The van der Waals surface area contributed by atoms with Crippen LogP contribution in [0.5, 0.6) is 0 Å². The first kappa shape index (κ1) is 16.5. The Hall–Kier alpha value is -0.350. The third kappa shape index (κ3) is 2.89. The summed E-state index contributed by atoms with van der Waals surface area (Å²) in [5.41, 5.74) is 6.02. The Kier molecular flexibility index (Phi) is 4.98. The lowest BCUT2D eigenvalue weighted by Crippen LogP contribution is -2.20. The predicted molar refractivity (Wildman–Crippen MR) is 108 cm³/mol. The van der Waals surface area contributed by atoms with E-state index in [4.69, 9.17) is 0 Å². The zero-order chi connectivity index (χ0) is 15.7. The second-order valence-corrected chi connectivity index (χ2v) is 8.68. The monoisotopic (exact) mass is 468 g/mol. The summed E-state index contributed by atoms with van der Waals surface area (Å²) in [6, 6.07) is 13.7. The molecule has 2 aromatic carbocycles. The lowest BCUT2D eigenvalue weighted by Gasteiger charge is -2.28. The first-order valence-electron chi connectivity index (χ1n) is 8.16. The van der Waals surface area contributed by atoms with E-state index >= 15 is 0 Å². The van der Waals surface area contributed by atoms with Gasteiger partial charge < -0.3 is 0 Å². The molecule has 2 heteroatoms. The molecule has 22 heavy (non-hydrogen) atoms. The van der Waals surface area contributed by atoms with Crippen molar-refractivity contribution in [1.82, 2.24) is 0 Å². The fourth-order valence-electron chi connectivity index (χ4n) is 3.74. The van der Waals surface area contributed by atoms with Gasteiger partial charge in [0.2, 0.25) is 0 Å². The van der Waals surface area contributed by atoms with Gasteiger partial charge in [0.15, 0.2) is 0 Å². The summed E-state index contributed by atoms with van der Waals surface area (Å²) in [6.07, 6.45) is 6.54. The molecule has 0 bridgehead atoms. The van der Waals surface area contributed by atoms with Crippen LogP contribution in [0.3, 0.4) is 0 Å². The minimum absolute atomic E-state index is 0.156. The van der Waals surface area contributed by atoms with Crippen molar-refractivity contribution >= 4 is 38.5 Å². The summed E-state index contributed by atoms with van der Waals surface area (Å²) in [5.74, 6) is 0. The molecule has 0 amide bonds. The highest BCUT2D eigenvalue weighted by Gasteiger charge is 2.38. The van der Waals surface area contributed by atoms with Crippen LogP contribution in [0.1, 0.15) is 57.1 Å². The summed E-state index contributed by atoms with van der Waals surface area (Å²) < 4.78 is 2.52. The molecule has 2 aromatic rings. The van der Waals surface area contributed by atoms with Crippen LogP contribution < -0.4 is 0 Å². The topological polar surface area (TPSA) is 0 Å². The molecular formula is C20H22BrI. The molecule has 3 rings (SSSR count). The Morgan fingerprint density at radius 1 is 0.955 bits per heavy atom. The van der Waals surface area contributed by atoms with E-state index < -0.39 is 0 Å². The van der Waals surface area contributed by atoms with Gasteiger partial charge in [-0.05, 0) is 75.5 Å². The molecule has 1 aliphatic rings. The number of benzene rings is 2. The summed E-state index contributed by atoms with van der Waals surface area (Å²) in [4.78, 5) is 0. The van der Waals surface area contributed by atoms with Gasteiger partial charge in [0.1, 0.15) is 0 Å². The minimum atomic E-state index is 0.156. The Morgan fingerprint density at radius 3 is 2.36 bits per heavy atom. The van der Waals surface area contributed by atoms with Crippen molar-refractivity contribution in [2.24, 2.45) is 0 Å². The summed E-state index contributed by atoms with van der Waals surface area (Å²) in [5, 5.41) is 0. The van der Waals surface area contributed by atoms with Crippen molar-refractivity contribution in [2.45, 2.75) is 51.4 Å². The number of unbranched alkanes of at least 4 members (excludes halogenated alkanes) is 3. The molecule has 0 spiro atoms. The highest BCUT2D eigenvalue weighted by atomic mass is 127. The molecule has 0 radical (unpaired) electrons. The number of hydrogen-bond donors (Lipinski definition) is 0. The van der Waals surface area contributed by atoms with E-state index in [1.807, 2.05) is 0 Å². The number of rotatable bonds is 5. The Morgan fingerprint density at radius 2 is 1.64 bits per heavy atom. The van der Waals surface area contributed by atoms with Crippen molar-refractivity contribution in [3.8, 4) is 11.1 Å². The smallest absolute Gasteiger partial charge is 0.0187 e. The molecule has 1 aliphatic carbocycles. The zero-order valence-electron chi connectivity index (χ0n) is 13.3. The van der Waals surface area contributed by atoms with E-state index in [1.54, 1.807) is 0 Å². The van der Waals surface area contributed by atoms with E-state index in [2.05, 4.69) is 88.8 Å². The van der Waals surface area contributed by atoms with Crippen LogP contribution in [0.25, 0.3) is 11.1 Å². The van der Waals surface area contributed by atoms with Gasteiger partial charge in [-0.2, -0.15) is 0 Å². The Bertz CT molecular complexity index is 639. The number of fused-ring (bicyclic) bond motifs is 3. The first-order valence-corrected chi connectivity index (χ1v) is 10.0. The SMILES string of the molecule is CCCCCCC1(C)c2cc(Br)ccc2-c2ccc(I)cc21. The Balaban J connectivity index is 2.05. The van der Waals surface area contributed by atoms with Gasteiger partial charge in [0, 0.05) is 13.5 Å². The van der Waals surface area contributed by atoms with Crippen LogP contribution in [-0.2, 0) is 5.41 Å². The molecule has 1 atom stereocenters. The maximum Gasteiger partial charge on any atom is 0.0187 e. The molecule has 0 saturated carbocycles. The standard InChI is InChI=1S/C20H22BrI/c1-3-4-5-6-11-20(2)18-12-14(21)7-9-16(18)17-10-8-15(22)13-19(17)20/h7-10,12-13H,3-6,11H2,1-2H3. The average Bonchev–Trinajstić information content (AvgIpc) is 2.73. The molecule has 0 heterocycles. The van der Waals surface area contributed by atoms with E-state index in [-0.39, 0.29) is 5.41 Å². The lowest BCUT2D eigenvalue weighted by molar-refractivity contribution is 0.486. The van der Waals surface area contributed by atoms with E-state index in [1.165, 1.54) is 62.4 Å². The van der Waals surface area contributed by atoms with E-state index in [9.17, 15) is 0 Å². The summed E-state index contributed by atoms with van der Waals surface area (Å²) in [7, 11) is 0. The number of hydrogen-bond acceptors (Lipinski definition) is 0. The number of halogens is 2. The molecule has 1 unspecified atom stereocenters. The van der Waals surface area contributed by atoms with Gasteiger partial charge >= 0.3 is 0 Å². The maximum atomic E-state index is 3.67. The molecule has 0 nitrogen and oxygen atoms in total. The van der Waals surface area contributed by atoms with Crippen LogP contribution in [0.15, 0.2) is 40.9 Å². The van der Waals surface area contributed by atoms with Crippen molar-refractivity contribution in [2.75, 3.05) is 0 Å². The van der Waals surface area contributed by atoms with Gasteiger partial charge in [-0.1, -0.05) is 67.6 Å². The van der Waals surface area contributed by atoms with Crippen LogP contribution >= 0.6 is 38.5 Å². The fourth-order valence-corrected chi connectivity index (χ4v) is 4.59. The second-order valence-electron chi connectivity index (χ2n) is 6.52. The van der Waals surface area contributed by atoms with Gasteiger partial charge in [0.05, 0.1) is 0 Å². The first-order chi connectivity index (χ1) is 10.6. The lowest BCUT2D eigenvalue weighted by atomic mass is 9.76. The van der Waals surface area contributed by atoms with E-state index in [0.29, 0.717) is 0 Å². The summed E-state index contributed by atoms with van der Waals surface area (Å²) >= 11 is 6.11. The highest BCUT2D eigenvalue weighted by molar-refractivity contribution is 14.1. The molecular weight excluding hydrogens is 447 g/mol. The average molecular weight is 469 g/mol. The maximum absolute atomic E-state index is 3.67. The van der Waals surface area contributed by atoms with Crippen LogP contribution in [0.4, 0.5) is 0 Å². The molecule has 0 saturated heterocycles. The van der Waals surface area contributed by atoms with Crippen molar-refractivity contribution < 1.29 is 0 Å². The second kappa shape index (κ2) is 6.64. The molecule has 0 aromatic heterocycles. The minimum Gasteiger partial charge on any atom is -0.0654 e. The van der Waals surface area contributed by atoms with Crippen LogP contribution in [-0.4, -0.2) is 0 Å². The highest BCUT2D eigenvalue weighted by Crippen LogP contribution is 2.52. The van der Waals surface area contributed by atoms with Crippen molar-refractivity contribution in [3.63, 3.8) is 0 Å². The van der Waals surface area contributed by atoms with Gasteiger partial charge in [-0.25, -0.2) is 0 Å². The fraction of sp³-hybridized carbons (Fsp3) is 0.400. The zero-order valence-corrected chi connectivity index (χ0v) is 17.0. The summed E-state index contributed by atoms with van der Waals surface area (Å²) in [6.45, 7) is 4.72. The molecule has 116 valence electrons. The normalized spacial score (nSPS) is 19.1. The quantitative estimate of drug-likeness (QED) is 0.318. The van der Waals surface area contributed by atoms with Crippen LogP contribution in [0.2, 0.25) is 0 Å². The largest absolute Gasteiger partial charge is 0.0654 e. The third-order valence-electron chi connectivity index (χ3n) is 4.97. The van der Waals surface area contributed by atoms with Gasteiger partial charge in [-0.15, -0.1) is 0 Å². The van der Waals surface area contributed by atoms with Crippen molar-refractivity contribution in [3.05, 3.63) is 55.6 Å². The molecule has 0 fully saturated rings. The van der Waals surface area contributed by atoms with Crippen molar-refractivity contribution in [1.29, 1.82) is 0 Å². The molecule has 0 aliphatic heterocycles. The van der Waals surface area contributed by atoms with E-state index in [0.717, 1.165) is 0 Å². The van der Waals surface area contributed by atoms with Crippen LogP contribution in [0, 0.1) is 3.57 Å².